The van der Waals surface area contributed by atoms with Gasteiger partial charge in [-0.05, 0) is 32.9 Å². The number of nitrogens with zero attached hydrogens (tertiary/aromatic N) is 1. The second-order valence-electron chi connectivity index (χ2n) is 7.41. The van der Waals surface area contributed by atoms with Crippen LogP contribution >= 0.6 is 0 Å². The van der Waals surface area contributed by atoms with Crippen molar-refractivity contribution in [3.63, 3.8) is 0 Å². The summed E-state index contributed by atoms with van der Waals surface area (Å²) in [5.41, 5.74) is -0.892. The van der Waals surface area contributed by atoms with Crippen LogP contribution in [-0.4, -0.2) is 66.5 Å². The molecule has 0 unspecified atom stereocenters. The van der Waals surface area contributed by atoms with Crippen molar-refractivity contribution in [2.75, 3.05) is 26.2 Å². The Morgan fingerprint density at radius 1 is 0.818 bits per heavy atom. The number of benzene rings is 1. The minimum absolute atomic E-state index is 0.0602. The number of rotatable bonds is 10. The molecule has 0 saturated heterocycles. The highest BCUT2D eigenvalue weighted by molar-refractivity contribution is 5.90. The summed E-state index contributed by atoms with van der Waals surface area (Å²) < 4.78 is 9.86. The molecule has 0 aliphatic heterocycles. The van der Waals surface area contributed by atoms with Crippen molar-refractivity contribution in [3.05, 3.63) is 34.4 Å². The van der Waals surface area contributed by atoms with Crippen LogP contribution in [-0.2, 0) is 23.9 Å². The topological polar surface area (TPSA) is 195 Å². The maximum absolute atomic E-state index is 11.7. The van der Waals surface area contributed by atoms with Crippen LogP contribution in [0.25, 0.3) is 0 Å². The SMILES string of the molecule is CC(C)(C)OC(=O)NCC(=O)NCC(=O)NCC(=O)NCC(=O)Oc1ccc([N+](=O)[O-])cc1. The summed E-state index contributed by atoms with van der Waals surface area (Å²) in [5.74, 6) is -2.78. The van der Waals surface area contributed by atoms with Crippen molar-refractivity contribution in [1.82, 2.24) is 21.3 Å². The number of hydrogen-bond donors (Lipinski definition) is 4. The molecule has 1 aromatic rings. The van der Waals surface area contributed by atoms with Crippen LogP contribution in [0, 0.1) is 10.1 Å². The van der Waals surface area contributed by atoms with Gasteiger partial charge < -0.3 is 30.7 Å². The smallest absolute Gasteiger partial charge is 0.408 e. The molecule has 0 heterocycles. The number of non-ortho nitro benzene ring substituents is 1. The summed E-state index contributed by atoms with van der Waals surface area (Å²) in [5, 5.41) is 19.5. The molecule has 0 atom stereocenters. The third-order valence-corrected chi connectivity index (χ3v) is 3.39. The summed E-state index contributed by atoms with van der Waals surface area (Å²) >= 11 is 0. The maximum Gasteiger partial charge on any atom is 0.408 e. The summed E-state index contributed by atoms with van der Waals surface area (Å²) in [6.45, 7) is 3.18. The molecule has 33 heavy (non-hydrogen) atoms. The zero-order valence-electron chi connectivity index (χ0n) is 18.3. The van der Waals surface area contributed by atoms with E-state index in [1.807, 2.05) is 0 Å². The first-order valence-corrected chi connectivity index (χ1v) is 9.58. The molecule has 4 N–H and O–H groups in total. The fourth-order valence-electron chi connectivity index (χ4n) is 1.99. The highest BCUT2D eigenvalue weighted by atomic mass is 16.6. The first kappa shape index (κ1) is 26.8. The van der Waals surface area contributed by atoms with E-state index in [0.717, 1.165) is 12.1 Å². The number of ether oxygens (including phenoxy) is 2. The Kier molecular flexibility index (Phi) is 10.2. The highest BCUT2D eigenvalue weighted by Gasteiger charge is 2.17. The zero-order valence-corrected chi connectivity index (χ0v) is 18.3. The third-order valence-electron chi connectivity index (χ3n) is 3.39. The van der Waals surface area contributed by atoms with E-state index in [2.05, 4.69) is 21.3 Å². The number of nitrogens with one attached hydrogen (secondary N) is 4. The molecule has 14 heteroatoms. The fraction of sp³-hybridized carbons (Fsp3) is 0.421. The van der Waals surface area contributed by atoms with Crippen LogP contribution in [0.15, 0.2) is 24.3 Å². The summed E-state index contributed by atoms with van der Waals surface area (Å²) in [4.78, 5) is 68.1. The lowest BCUT2D eigenvalue weighted by Crippen LogP contribution is -2.45. The van der Waals surface area contributed by atoms with Crippen LogP contribution in [0.4, 0.5) is 10.5 Å². The van der Waals surface area contributed by atoms with Crippen molar-refractivity contribution < 1.29 is 38.4 Å². The highest BCUT2D eigenvalue weighted by Crippen LogP contribution is 2.17. The van der Waals surface area contributed by atoms with Crippen LogP contribution in [0.2, 0.25) is 0 Å². The normalized spacial score (nSPS) is 10.4. The predicted octanol–water partition coefficient (Wildman–Crippen LogP) is -0.626. The monoisotopic (exact) mass is 467 g/mol. The first-order valence-electron chi connectivity index (χ1n) is 9.58. The fourth-order valence-corrected chi connectivity index (χ4v) is 1.99. The van der Waals surface area contributed by atoms with Crippen LogP contribution in [0.3, 0.4) is 0 Å². The van der Waals surface area contributed by atoms with Gasteiger partial charge in [0.1, 0.15) is 24.4 Å². The molecule has 1 rings (SSSR count). The number of nitro groups is 1. The maximum atomic E-state index is 11.7. The van der Waals surface area contributed by atoms with Gasteiger partial charge in [0, 0.05) is 12.1 Å². The average molecular weight is 467 g/mol. The van der Waals surface area contributed by atoms with Gasteiger partial charge in [0.2, 0.25) is 17.7 Å². The second kappa shape index (κ2) is 12.6. The molecule has 0 aromatic heterocycles. The van der Waals surface area contributed by atoms with Gasteiger partial charge in [-0.25, -0.2) is 9.59 Å². The van der Waals surface area contributed by atoms with E-state index < -0.39 is 66.5 Å². The van der Waals surface area contributed by atoms with E-state index in [0.29, 0.717) is 0 Å². The molecule has 4 amide bonds. The van der Waals surface area contributed by atoms with Crippen LogP contribution in [0.5, 0.6) is 5.75 Å². The minimum Gasteiger partial charge on any atom is -0.444 e. The molecule has 0 aliphatic carbocycles. The molecular weight excluding hydrogens is 442 g/mol. The molecule has 14 nitrogen and oxygen atoms in total. The second-order valence-corrected chi connectivity index (χ2v) is 7.41. The number of hydrogen-bond acceptors (Lipinski definition) is 9. The van der Waals surface area contributed by atoms with Gasteiger partial charge in [0.25, 0.3) is 5.69 Å². The molecule has 180 valence electrons. The van der Waals surface area contributed by atoms with E-state index in [4.69, 9.17) is 9.47 Å². The first-order chi connectivity index (χ1) is 15.4. The molecule has 1 aromatic carbocycles. The van der Waals surface area contributed by atoms with Gasteiger partial charge in [0.05, 0.1) is 18.0 Å². The minimum atomic E-state index is -0.826. The van der Waals surface area contributed by atoms with Crippen molar-refractivity contribution in [2.24, 2.45) is 0 Å². The Hall–Kier alpha value is -4.23. The Morgan fingerprint density at radius 3 is 1.73 bits per heavy atom. The van der Waals surface area contributed by atoms with E-state index in [1.54, 1.807) is 20.8 Å². The predicted molar refractivity (Wildman–Crippen MR) is 112 cm³/mol. The largest absolute Gasteiger partial charge is 0.444 e. The lowest BCUT2D eigenvalue weighted by Gasteiger charge is -2.19. The van der Waals surface area contributed by atoms with Crippen molar-refractivity contribution >= 4 is 35.5 Å². The molecule has 0 saturated carbocycles. The molecule has 0 bridgehead atoms. The number of nitro benzene ring substituents is 1. The molecular formula is C19H25N5O9. The zero-order chi connectivity index (χ0) is 25.0. The van der Waals surface area contributed by atoms with Gasteiger partial charge >= 0.3 is 12.1 Å². The average Bonchev–Trinajstić information content (AvgIpc) is 2.72. The lowest BCUT2D eigenvalue weighted by molar-refractivity contribution is -0.384. The van der Waals surface area contributed by atoms with Crippen molar-refractivity contribution in [1.29, 1.82) is 0 Å². The van der Waals surface area contributed by atoms with Gasteiger partial charge in [0.15, 0.2) is 0 Å². The number of carbonyl (C=O) groups is 5. The number of alkyl carbamates (subject to hydrolysis) is 1. The standard InChI is InChI=1S/C19H25N5O9/c1-19(2,3)33-18(29)23-10-16(27)21-8-14(25)20-9-15(26)22-11-17(28)32-13-6-4-12(5-7-13)24(30)31/h4-7H,8-11H2,1-3H3,(H,20,25)(H,21,27)(H,22,26)(H,23,29). The summed E-state index contributed by atoms with van der Waals surface area (Å²) in [7, 11) is 0. The van der Waals surface area contributed by atoms with Gasteiger partial charge in [-0.15, -0.1) is 0 Å². The van der Waals surface area contributed by atoms with E-state index >= 15 is 0 Å². The number of carbonyl (C=O) groups excluding carboxylic acids is 5. The quantitative estimate of drug-likeness (QED) is 0.150. The summed E-state index contributed by atoms with van der Waals surface area (Å²) in [6, 6.07) is 4.77. The van der Waals surface area contributed by atoms with E-state index in [-0.39, 0.29) is 11.4 Å². The van der Waals surface area contributed by atoms with E-state index in [9.17, 15) is 34.1 Å². The Labute approximate surface area is 188 Å². The van der Waals surface area contributed by atoms with Gasteiger partial charge in [-0.2, -0.15) is 0 Å². The number of amides is 4. The third kappa shape index (κ3) is 12.3. The summed E-state index contributed by atoms with van der Waals surface area (Å²) in [6.07, 6.45) is -0.786. The molecule has 0 fully saturated rings. The van der Waals surface area contributed by atoms with Crippen LogP contribution < -0.4 is 26.0 Å². The van der Waals surface area contributed by atoms with E-state index in [1.165, 1.54) is 12.1 Å². The lowest BCUT2D eigenvalue weighted by atomic mass is 10.2. The Bertz CT molecular complexity index is 894. The molecule has 0 spiro atoms. The Morgan fingerprint density at radius 2 is 1.27 bits per heavy atom. The van der Waals surface area contributed by atoms with Crippen molar-refractivity contribution in [3.8, 4) is 5.75 Å². The number of esters is 1. The van der Waals surface area contributed by atoms with Gasteiger partial charge in [-0.3, -0.25) is 24.5 Å². The molecule has 0 radical (unpaired) electrons. The van der Waals surface area contributed by atoms with Gasteiger partial charge in [-0.1, -0.05) is 0 Å². The van der Waals surface area contributed by atoms with Crippen LogP contribution in [0.1, 0.15) is 20.8 Å². The Balaban J connectivity index is 2.21. The van der Waals surface area contributed by atoms with Crippen molar-refractivity contribution in [2.45, 2.75) is 26.4 Å². The molecule has 0 aliphatic rings.